The van der Waals surface area contributed by atoms with Gasteiger partial charge in [-0.25, -0.2) is 4.68 Å². The summed E-state index contributed by atoms with van der Waals surface area (Å²) in [6.07, 6.45) is 2.75. The number of carbonyl (C=O) groups is 1. The lowest BCUT2D eigenvalue weighted by atomic mass is 10.1. The summed E-state index contributed by atoms with van der Waals surface area (Å²) in [5.41, 5.74) is 2.49. The minimum Gasteiger partial charge on any atom is -0.310 e. The highest BCUT2D eigenvalue weighted by Crippen LogP contribution is 2.17. The lowest BCUT2D eigenvalue weighted by molar-refractivity contribution is -0.113. The Bertz CT molecular complexity index is 794. The van der Waals surface area contributed by atoms with E-state index in [4.69, 9.17) is 0 Å². The first-order valence-electron chi connectivity index (χ1n) is 8.24. The Hall–Kier alpha value is -2.05. The van der Waals surface area contributed by atoms with E-state index >= 15 is 0 Å². The number of nitrogens with zero attached hydrogens (tertiary/aromatic N) is 2. The van der Waals surface area contributed by atoms with Crippen LogP contribution in [0.3, 0.4) is 0 Å². The number of anilines is 1. The number of thioether (sulfide) groups is 1. The van der Waals surface area contributed by atoms with Crippen LogP contribution in [0.1, 0.15) is 22.9 Å². The predicted molar refractivity (Wildman–Crippen MR) is 106 cm³/mol. The van der Waals surface area contributed by atoms with Crippen LogP contribution < -0.4 is 5.32 Å². The predicted octanol–water partition coefficient (Wildman–Crippen LogP) is 4.43. The molecule has 0 saturated carbocycles. The monoisotopic (exact) mass is 371 g/mol. The Kier molecular flexibility index (Phi) is 6.30. The van der Waals surface area contributed by atoms with Crippen molar-refractivity contribution in [3.63, 3.8) is 0 Å². The molecule has 0 radical (unpaired) electrons. The average Bonchev–Trinajstić information content (AvgIpc) is 3.28. The SMILES string of the molecule is CCc1ccc(Cn2nccc2NC(=O)CSCc2cccs2)cc1. The second-order valence-corrected chi connectivity index (χ2v) is 7.68. The van der Waals surface area contributed by atoms with Crippen LogP contribution in [0, 0.1) is 0 Å². The molecule has 1 aromatic carbocycles. The maximum atomic E-state index is 12.2. The van der Waals surface area contributed by atoms with Crippen LogP contribution >= 0.6 is 23.1 Å². The standard InChI is InChI=1S/C19H21N3OS2/c1-2-15-5-7-16(8-6-15)12-22-18(9-10-20-22)21-19(23)14-24-13-17-4-3-11-25-17/h3-11H,2,12-14H2,1H3,(H,21,23). The number of carbonyl (C=O) groups excluding carboxylic acids is 1. The van der Waals surface area contributed by atoms with E-state index in [2.05, 4.69) is 53.1 Å². The molecule has 0 aliphatic heterocycles. The van der Waals surface area contributed by atoms with E-state index in [1.54, 1.807) is 29.3 Å². The van der Waals surface area contributed by atoms with Crippen molar-refractivity contribution >= 4 is 34.8 Å². The van der Waals surface area contributed by atoms with Gasteiger partial charge in [-0.1, -0.05) is 37.3 Å². The summed E-state index contributed by atoms with van der Waals surface area (Å²) in [6.45, 7) is 2.79. The van der Waals surface area contributed by atoms with Crippen molar-refractivity contribution in [2.75, 3.05) is 11.1 Å². The molecule has 1 N–H and O–H groups in total. The van der Waals surface area contributed by atoms with Crippen molar-refractivity contribution in [2.24, 2.45) is 0 Å². The van der Waals surface area contributed by atoms with E-state index in [1.807, 2.05) is 16.8 Å². The van der Waals surface area contributed by atoms with E-state index < -0.39 is 0 Å². The number of aromatic nitrogens is 2. The molecule has 2 aromatic heterocycles. The van der Waals surface area contributed by atoms with Gasteiger partial charge in [-0.3, -0.25) is 4.79 Å². The van der Waals surface area contributed by atoms with Crippen molar-refractivity contribution in [3.05, 3.63) is 70.0 Å². The average molecular weight is 372 g/mol. The highest BCUT2D eigenvalue weighted by molar-refractivity contribution is 7.99. The fourth-order valence-electron chi connectivity index (χ4n) is 2.44. The number of benzene rings is 1. The molecule has 0 bridgehead atoms. The van der Waals surface area contributed by atoms with Gasteiger partial charge in [0.15, 0.2) is 0 Å². The lowest BCUT2D eigenvalue weighted by Crippen LogP contribution is -2.18. The first-order chi connectivity index (χ1) is 12.2. The van der Waals surface area contributed by atoms with Crippen LogP contribution in [-0.2, 0) is 23.5 Å². The minimum absolute atomic E-state index is 0.00429. The molecule has 0 saturated heterocycles. The first-order valence-corrected chi connectivity index (χ1v) is 10.3. The maximum Gasteiger partial charge on any atom is 0.235 e. The quantitative estimate of drug-likeness (QED) is 0.637. The number of hydrogen-bond acceptors (Lipinski definition) is 4. The van der Waals surface area contributed by atoms with Crippen LogP contribution in [0.5, 0.6) is 0 Å². The molecule has 0 aliphatic carbocycles. The lowest BCUT2D eigenvalue weighted by Gasteiger charge is -2.09. The van der Waals surface area contributed by atoms with Gasteiger partial charge < -0.3 is 5.32 Å². The Morgan fingerprint density at radius 3 is 2.72 bits per heavy atom. The van der Waals surface area contributed by atoms with Gasteiger partial charge in [0.05, 0.1) is 18.5 Å². The number of thiophene rings is 1. The van der Waals surface area contributed by atoms with Gasteiger partial charge in [0.25, 0.3) is 0 Å². The largest absolute Gasteiger partial charge is 0.310 e. The van der Waals surface area contributed by atoms with Crippen molar-refractivity contribution < 1.29 is 4.79 Å². The normalized spacial score (nSPS) is 10.8. The Morgan fingerprint density at radius 1 is 1.20 bits per heavy atom. The zero-order valence-corrected chi connectivity index (χ0v) is 15.8. The summed E-state index contributed by atoms with van der Waals surface area (Å²) in [5, 5.41) is 9.34. The van der Waals surface area contributed by atoms with Gasteiger partial charge in [-0.05, 0) is 29.0 Å². The first kappa shape index (κ1) is 17.8. The number of nitrogens with one attached hydrogen (secondary N) is 1. The van der Waals surface area contributed by atoms with Gasteiger partial charge in [0, 0.05) is 16.7 Å². The smallest absolute Gasteiger partial charge is 0.235 e. The van der Waals surface area contributed by atoms with Gasteiger partial charge in [0.2, 0.25) is 5.91 Å². The van der Waals surface area contributed by atoms with Crippen LogP contribution in [0.4, 0.5) is 5.82 Å². The molecule has 0 spiro atoms. The second kappa shape index (κ2) is 8.87. The molecule has 0 atom stereocenters. The third kappa shape index (κ3) is 5.21. The van der Waals surface area contributed by atoms with Crippen molar-refractivity contribution in [3.8, 4) is 0 Å². The number of hydrogen-bond donors (Lipinski definition) is 1. The fraction of sp³-hybridized carbons (Fsp3) is 0.263. The van der Waals surface area contributed by atoms with Crippen LogP contribution in [-0.4, -0.2) is 21.4 Å². The Balaban J connectivity index is 1.52. The van der Waals surface area contributed by atoms with E-state index in [0.717, 1.165) is 18.0 Å². The zero-order chi connectivity index (χ0) is 17.5. The number of rotatable bonds is 8. The van der Waals surface area contributed by atoms with Crippen molar-refractivity contribution in [2.45, 2.75) is 25.6 Å². The summed E-state index contributed by atoms with van der Waals surface area (Å²) in [7, 11) is 0. The van der Waals surface area contributed by atoms with Crippen molar-refractivity contribution in [1.82, 2.24) is 9.78 Å². The van der Waals surface area contributed by atoms with Gasteiger partial charge in [0.1, 0.15) is 5.82 Å². The van der Waals surface area contributed by atoms with E-state index in [1.165, 1.54) is 16.0 Å². The molecule has 3 rings (SSSR count). The third-order valence-corrected chi connectivity index (χ3v) is 5.85. The summed E-state index contributed by atoms with van der Waals surface area (Å²) in [6, 6.07) is 14.5. The van der Waals surface area contributed by atoms with E-state index in [0.29, 0.717) is 12.3 Å². The molecule has 2 heterocycles. The van der Waals surface area contributed by atoms with Gasteiger partial charge in [-0.15, -0.1) is 23.1 Å². The van der Waals surface area contributed by atoms with Crippen LogP contribution in [0.2, 0.25) is 0 Å². The molecule has 130 valence electrons. The summed E-state index contributed by atoms with van der Waals surface area (Å²) >= 11 is 3.34. The molecule has 6 heteroatoms. The third-order valence-electron chi connectivity index (χ3n) is 3.81. The topological polar surface area (TPSA) is 46.9 Å². The maximum absolute atomic E-state index is 12.2. The van der Waals surface area contributed by atoms with Crippen LogP contribution in [0.25, 0.3) is 0 Å². The van der Waals surface area contributed by atoms with E-state index in [9.17, 15) is 4.79 Å². The second-order valence-electron chi connectivity index (χ2n) is 5.66. The molecule has 0 fully saturated rings. The molecule has 1 amide bonds. The molecule has 3 aromatic rings. The Labute approximate surface area is 156 Å². The van der Waals surface area contributed by atoms with E-state index in [-0.39, 0.29) is 5.91 Å². The zero-order valence-electron chi connectivity index (χ0n) is 14.1. The number of aryl methyl sites for hydroxylation is 1. The van der Waals surface area contributed by atoms with Gasteiger partial charge >= 0.3 is 0 Å². The number of amides is 1. The highest BCUT2D eigenvalue weighted by Gasteiger charge is 2.08. The fourth-order valence-corrected chi connectivity index (χ4v) is 4.10. The summed E-state index contributed by atoms with van der Waals surface area (Å²) < 4.78 is 1.82. The van der Waals surface area contributed by atoms with Crippen LogP contribution in [0.15, 0.2) is 54.0 Å². The molecule has 0 aliphatic rings. The Morgan fingerprint density at radius 2 is 2.00 bits per heavy atom. The molecule has 0 unspecified atom stereocenters. The molecule has 25 heavy (non-hydrogen) atoms. The summed E-state index contributed by atoms with van der Waals surface area (Å²) in [5.74, 6) is 2.05. The highest BCUT2D eigenvalue weighted by atomic mass is 32.2. The minimum atomic E-state index is 0.00429. The molecular weight excluding hydrogens is 350 g/mol. The summed E-state index contributed by atoms with van der Waals surface area (Å²) in [4.78, 5) is 13.4. The van der Waals surface area contributed by atoms with Crippen molar-refractivity contribution in [1.29, 1.82) is 0 Å². The van der Waals surface area contributed by atoms with Gasteiger partial charge in [-0.2, -0.15) is 5.10 Å². The molecular formula is C19H21N3OS2. The molecule has 4 nitrogen and oxygen atoms in total.